The van der Waals surface area contributed by atoms with Gasteiger partial charge < -0.3 is 15.5 Å². The molecule has 0 saturated carbocycles. The third kappa shape index (κ3) is 2.58. The topological polar surface area (TPSA) is 89.9 Å². The predicted octanol–water partition coefficient (Wildman–Crippen LogP) is 2.09. The summed E-state index contributed by atoms with van der Waals surface area (Å²) >= 11 is 0. The summed E-state index contributed by atoms with van der Waals surface area (Å²) in [7, 11) is 0. The average molecular weight is 247 g/mol. The number of nitrogens with two attached hydrogens (primary N) is 1. The molecule has 2 heterocycles. The highest BCUT2D eigenvalue weighted by molar-refractivity contribution is 5.56. The van der Waals surface area contributed by atoms with Crippen LogP contribution in [0.3, 0.4) is 0 Å². The lowest BCUT2D eigenvalue weighted by Crippen LogP contribution is -2.09. The first kappa shape index (κ1) is 12.3. The molecule has 0 spiro atoms. The summed E-state index contributed by atoms with van der Waals surface area (Å²) in [5, 5.41) is 3.18. The Kier molecular flexibility index (Phi) is 3.45. The Morgan fingerprint density at radius 2 is 2.11 bits per heavy atom. The number of nitrogens with zero attached hydrogens (tertiary/aromatic N) is 3. The Balaban J connectivity index is 2.16. The summed E-state index contributed by atoms with van der Waals surface area (Å²) in [5.41, 5.74) is 6.78. The van der Waals surface area contributed by atoms with E-state index in [1.54, 1.807) is 6.20 Å². The largest absolute Gasteiger partial charge is 0.444 e. The zero-order chi connectivity index (χ0) is 13.1. The number of aromatic nitrogens is 3. The standard InChI is InChI=1S/C12H17N5O/c1-7(2)10-11(13)16-6-17-12(10)15-5-9-14-4-8(3)18-9/h4,6-7H,5H2,1-3H3,(H3,13,15,16,17). The lowest BCUT2D eigenvalue weighted by Gasteiger charge is -2.13. The second-order valence-electron chi connectivity index (χ2n) is 4.39. The van der Waals surface area contributed by atoms with E-state index in [2.05, 4.69) is 34.1 Å². The van der Waals surface area contributed by atoms with Crippen LogP contribution in [-0.2, 0) is 6.54 Å². The number of aryl methyl sites for hydroxylation is 1. The van der Waals surface area contributed by atoms with Crippen LogP contribution in [0.5, 0.6) is 0 Å². The third-order valence-corrected chi connectivity index (χ3v) is 2.57. The maximum atomic E-state index is 5.87. The van der Waals surface area contributed by atoms with E-state index in [1.807, 2.05) is 6.92 Å². The normalized spacial score (nSPS) is 10.9. The van der Waals surface area contributed by atoms with Crippen molar-refractivity contribution >= 4 is 11.6 Å². The van der Waals surface area contributed by atoms with Crippen molar-refractivity contribution < 1.29 is 4.42 Å². The Bertz CT molecular complexity index is 535. The van der Waals surface area contributed by atoms with E-state index >= 15 is 0 Å². The second-order valence-corrected chi connectivity index (χ2v) is 4.39. The molecule has 2 rings (SSSR count). The summed E-state index contributed by atoms with van der Waals surface area (Å²) in [4.78, 5) is 12.3. The Hall–Kier alpha value is -2.11. The highest BCUT2D eigenvalue weighted by Crippen LogP contribution is 2.26. The Labute approximate surface area is 106 Å². The third-order valence-electron chi connectivity index (χ3n) is 2.57. The van der Waals surface area contributed by atoms with Gasteiger partial charge in [0.15, 0.2) is 0 Å². The molecule has 0 fully saturated rings. The molecule has 0 saturated heterocycles. The van der Waals surface area contributed by atoms with Gasteiger partial charge in [0.2, 0.25) is 5.89 Å². The number of anilines is 2. The fraction of sp³-hybridized carbons (Fsp3) is 0.417. The molecule has 18 heavy (non-hydrogen) atoms. The van der Waals surface area contributed by atoms with Crippen molar-refractivity contribution in [2.24, 2.45) is 0 Å². The first-order valence-corrected chi connectivity index (χ1v) is 5.83. The number of hydrogen-bond acceptors (Lipinski definition) is 6. The molecular formula is C12H17N5O. The fourth-order valence-electron chi connectivity index (χ4n) is 1.76. The van der Waals surface area contributed by atoms with Crippen LogP contribution in [0.4, 0.5) is 11.6 Å². The van der Waals surface area contributed by atoms with Crippen LogP contribution in [0.25, 0.3) is 0 Å². The van der Waals surface area contributed by atoms with Crippen LogP contribution in [0.1, 0.15) is 37.0 Å². The highest BCUT2D eigenvalue weighted by atomic mass is 16.4. The lowest BCUT2D eigenvalue weighted by atomic mass is 10.0. The van der Waals surface area contributed by atoms with Crippen LogP contribution in [0, 0.1) is 6.92 Å². The summed E-state index contributed by atoms with van der Waals surface area (Å²) in [5.74, 6) is 2.90. The summed E-state index contributed by atoms with van der Waals surface area (Å²) < 4.78 is 5.39. The molecule has 3 N–H and O–H groups in total. The summed E-state index contributed by atoms with van der Waals surface area (Å²) in [6.07, 6.45) is 3.14. The monoisotopic (exact) mass is 247 g/mol. The maximum Gasteiger partial charge on any atom is 0.213 e. The molecule has 0 aromatic carbocycles. The predicted molar refractivity (Wildman–Crippen MR) is 69.1 cm³/mol. The van der Waals surface area contributed by atoms with Crippen LogP contribution in [-0.4, -0.2) is 15.0 Å². The fourth-order valence-corrected chi connectivity index (χ4v) is 1.76. The van der Waals surface area contributed by atoms with Gasteiger partial charge in [-0.25, -0.2) is 15.0 Å². The molecular weight excluding hydrogens is 230 g/mol. The SMILES string of the molecule is Cc1cnc(CNc2ncnc(N)c2C(C)C)o1. The van der Waals surface area contributed by atoms with Gasteiger partial charge in [0.25, 0.3) is 0 Å². The van der Waals surface area contributed by atoms with E-state index in [0.29, 0.717) is 18.3 Å². The average Bonchev–Trinajstić information content (AvgIpc) is 2.72. The van der Waals surface area contributed by atoms with Crippen LogP contribution in [0.2, 0.25) is 0 Å². The first-order chi connectivity index (χ1) is 8.58. The molecule has 0 amide bonds. The zero-order valence-corrected chi connectivity index (χ0v) is 10.8. The number of nitrogen functional groups attached to an aromatic ring is 1. The van der Waals surface area contributed by atoms with Gasteiger partial charge in [0, 0.05) is 5.56 Å². The van der Waals surface area contributed by atoms with Gasteiger partial charge in [0.05, 0.1) is 12.7 Å². The van der Waals surface area contributed by atoms with Crippen molar-refractivity contribution in [1.29, 1.82) is 0 Å². The maximum absolute atomic E-state index is 5.87. The van der Waals surface area contributed by atoms with E-state index in [1.165, 1.54) is 6.33 Å². The highest BCUT2D eigenvalue weighted by Gasteiger charge is 2.13. The van der Waals surface area contributed by atoms with Crippen molar-refractivity contribution in [1.82, 2.24) is 15.0 Å². The number of rotatable bonds is 4. The van der Waals surface area contributed by atoms with E-state index in [-0.39, 0.29) is 5.92 Å². The van der Waals surface area contributed by atoms with Crippen molar-refractivity contribution in [2.45, 2.75) is 33.2 Å². The molecule has 96 valence electrons. The minimum atomic E-state index is 0.250. The number of hydrogen-bond donors (Lipinski definition) is 2. The minimum Gasteiger partial charge on any atom is -0.444 e. The molecule has 0 aliphatic heterocycles. The molecule has 6 heteroatoms. The Morgan fingerprint density at radius 1 is 1.33 bits per heavy atom. The smallest absolute Gasteiger partial charge is 0.213 e. The van der Waals surface area contributed by atoms with Crippen molar-refractivity contribution in [3.8, 4) is 0 Å². The molecule has 0 unspecified atom stereocenters. The van der Waals surface area contributed by atoms with Crippen LogP contribution < -0.4 is 11.1 Å². The van der Waals surface area contributed by atoms with Crippen molar-refractivity contribution in [2.75, 3.05) is 11.1 Å². The van der Waals surface area contributed by atoms with Gasteiger partial charge in [-0.05, 0) is 12.8 Å². The van der Waals surface area contributed by atoms with Gasteiger partial charge in [-0.2, -0.15) is 0 Å². The van der Waals surface area contributed by atoms with Crippen LogP contribution in [0.15, 0.2) is 16.9 Å². The van der Waals surface area contributed by atoms with Crippen molar-refractivity contribution in [3.63, 3.8) is 0 Å². The first-order valence-electron chi connectivity index (χ1n) is 5.83. The van der Waals surface area contributed by atoms with Gasteiger partial charge in [0.1, 0.15) is 23.7 Å². The molecule has 0 aliphatic carbocycles. The number of oxazole rings is 1. The minimum absolute atomic E-state index is 0.250. The zero-order valence-electron chi connectivity index (χ0n) is 10.8. The molecule has 2 aromatic rings. The molecule has 0 radical (unpaired) electrons. The molecule has 2 aromatic heterocycles. The Morgan fingerprint density at radius 3 is 2.72 bits per heavy atom. The number of nitrogens with one attached hydrogen (secondary N) is 1. The molecule has 0 aliphatic rings. The van der Waals surface area contributed by atoms with Crippen LogP contribution >= 0.6 is 0 Å². The van der Waals surface area contributed by atoms with Gasteiger partial charge in [-0.1, -0.05) is 13.8 Å². The van der Waals surface area contributed by atoms with Gasteiger partial charge in [-0.15, -0.1) is 0 Å². The lowest BCUT2D eigenvalue weighted by molar-refractivity contribution is 0.478. The molecule has 0 bridgehead atoms. The quantitative estimate of drug-likeness (QED) is 0.859. The second kappa shape index (κ2) is 5.03. The summed E-state index contributed by atoms with van der Waals surface area (Å²) in [6.45, 7) is 6.44. The van der Waals surface area contributed by atoms with Gasteiger partial charge >= 0.3 is 0 Å². The molecule has 0 atom stereocenters. The van der Waals surface area contributed by atoms with E-state index in [0.717, 1.165) is 17.1 Å². The van der Waals surface area contributed by atoms with E-state index < -0.39 is 0 Å². The van der Waals surface area contributed by atoms with Gasteiger partial charge in [-0.3, -0.25) is 0 Å². The molecule has 6 nitrogen and oxygen atoms in total. The van der Waals surface area contributed by atoms with Crippen molar-refractivity contribution in [3.05, 3.63) is 29.7 Å². The van der Waals surface area contributed by atoms with E-state index in [4.69, 9.17) is 10.2 Å². The van der Waals surface area contributed by atoms with E-state index in [9.17, 15) is 0 Å². The summed E-state index contributed by atoms with van der Waals surface area (Å²) in [6, 6.07) is 0.